The first-order valence-electron chi connectivity index (χ1n) is 10.7. The lowest BCUT2D eigenvalue weighted by Crippen LogP contribution is -2.46. The maximum Gasteiger partial charge on any atom is 0.193 e. The van der Waals surface area contributed by atoms with Crippen molar-refractivity contribution in [1.29, 1.82) is 0 Å². The fourth-order valence-corrected chi connectivity index (χ4v) is 3.33. The van der Waals surface area contributed by atoms with Gasteiger partial charge in [-0.05, 0) is 51.2 Å². The zero-order chi connectivity index (χ0) is 21.1. The van der Waals surface area contributed by atoms with E-state index in [2.05, 4.69) is 60.2 Å². The summed E-state index contributed by atoms with van der Waals surface area (Å²) in [5.74, 6) is 0.958. The zero-order valence-corrected chi connectivity index (χ0v) is 18.9. The molecule has 0 aliphatic carbocycles. The van der Waals surface area contributed by atoms with Gasteiger partial charge in [-0.15, -0.1) is 0 Å². The van der Waals surface area contributed by atoms with Crippen molar-refractivity contribution < 1.29 is 14.2 Å². The summed E-state index contributed by atoms with van der Waals surface area (Å²) in [5.41, 5.74) is 2.30. The van der Waals surface area contributed by atoms with E-state index in [-0.39, 0.29) is 5.60 Å². The number of methoxy groups -OCH3 is 1. The van der Waals surface area contributed by atoms with Crippen LogP contribution in [0.3, 0.4) is 0 Å². The lowest BCUT2D eigenvalue weighted by molar-refractivity contribution is -0.0149. The van der Waals surface area contributed by atoms with E-state index in [4.69, 9.17) is 14.2 Å². The first-order chi connectivity index (χ1) is 13.9. The minimum Gasteiger partial charge on any atom is -0.385 e. The number of rotatable bonds is 9. The smallest absolute Gasteiger partial charge is 0.193 e. The molecule has 1 saturated heterocycles. The molecule has 1 aliphatic heterocycles. The van der Waals surface area contributed by atoms with Crippen molar-refractivity contribution in [3.63, 3.8) is 0 Å². The summed E-state index contributed by atoms with van der Waals surface area (Å²) in [6.07, 6.45) is 3.38. The average Bonchev–Trinajstić information content (AvgIpc) is 2.71. The van der Waals surface area contributed by atoms with Crippen LogP contribution < -0.4 is 5.32 Å². The van der Waals surface area contributed by atoms with Crippen molar-refractivity contribution in [1.82, 2.24) is 10.2 Å². The Hall–Kier alpha value is -1.63. The highest BCUT2D eigenvalue weighted by Crippen LogP contribution is 2.15. The van der Waals surface area contributed by atoms with E-state index in [0.29, 0.717) is 12.7 Å². The normalized spacial score (nSPS) is 16.3. The molecule has 1 heterocycles. The van der Waals surface area contributed by atoms with Gasteiger partial charge in [0.1, 0.15) is 0 Å². The van der Waals surface area contributed by atoms with Gasteiger partial charge in [-0.25, -0.2) is 0 Å². The van der Waals surface area contributed by atoms with Crippen LogP contribution in [0.2, 0.25) is 0 Å². The molecule has 29 heavy (non-hydrogen) atoms. The molecule has 164 valence electrons. The predicted molar refractivity (Wildman–Crippen MR) is 118 cm³/mol. The van der Waals surface area contributed by atoms with Gasteiger partial charge in [0, 0.05) is 47.0 Å². The Kier molecular flexibility index (Phi) is 9.91. The molecule has 6 nitrogen and oxygen atoms in total. The van der Waals surface area contributed by atoms with Crippen LogP contribution >= 0.6 is 0 Å². The van der Waals surface area contributed by atoms with Crippen molar-refractivity contribution in [3.8, 4) is 0 Å². The van der Waals surface area contributed by atoms with Crippen molar-refractivity contribution in [2.24, 2.45) is 4.99 Å². The maximum atomic E-state index is 5.96. The Bertz CT molecular complexity index is 620. The van der Waals surface area contributed by atoms with Crippen LogP contribution in [0.4, 0.5) is 0 Å². The van der Waals surface area contributed by atoms with E-state index in [1.54, 1.807) is 7.11 Å². The molecule has 6 heteroatoms. The Balaban J connectivity index is 1.77. The summed E-state index contributed by atoms with van der Waals surface area (Å²) >= 11 is 0. The zero-order valence-electron chi connectivity index (χ0n) is 18.9. The third-order valence-corrected chi connectivity index (χ3v) is 4.91. The van der Waals surface area contributed by atoms with Crippen LogP contribution in [0.5, 0.6) is 0 Å². The molecule has 2 rings (SSSR count). The molecule has 0 radical (unpaired) electrons. The number of benzene rings is 1. The van der Waals surface area contributed by atoms with Crippen molar-refractivity contribution in [2.75, 3.05) is 40.5 Å². The van der Waals surface area contributed by atoms with E-state index < -0.39 is 0 Å². The molecular formula is C23H39N3O3. The summed E-state index contributed by atoms with van der Waals surface area (Å²) in [7, 11) is 3.58. The van der Waals surface area contributed by atoms with Crippen LogP contribution in [-0.4, -0.2) is 63.0 Å². The second kappa shape index (κ2) is 12.2. The molecular weight excluding hydrogens is 366 g/mol. The monoisotopic (exact) mass is 405 g/mol. The summed E-state index contributed by atoms with van der Waals surface area (Å²) in [6.45, 7) is 11.1. The lowest BCUT2D eigenvalue weighted by Gasteiger charge is -2.34. The topological polar surface area (TPSA) is 55.3 Å². The predicted octanol–water partition coefficient (Wildman–Crippen LogP) is 3.59. The highest BCUT2D eigenvalue weighted by atomic mass is 16.5. The molecule has 1 fully saturated rings. The lowest BCUT2D eigenvalue weighted by atomic mass is 10.1. The van der Waals surface area contributed by atoms with Crippen molar-refractivity contribution in [2.45, 2.75) is 64.9 Å². The SMILES string of the molecule is CN=C(NCc1cccc(COC(C)(C)C)c1)N1CCC(OCCCOC)CC1. The van der Waals surface area contributed by atoms with Gasteiger partial charge in [0.15, 0.2) is 5.96 Å². The van der Waals surface area contributed by atoms with Gasteiger partial charge in [-0.2, -0.15) is 0 Å². The quantitative estimate of drug-likeness (QED) is 0.387. The fraction of sp³-hybridized carbons (Fsp3) is 0.696. The van der Waals surface area contributed by atoms with Gasteiger partial charge in [0.05, 0.1) is 18.3 Å². The summed E-state index contributed by atoms with van der Waals surface area (Å²) in [6, 6.07) is 8.54. The van der Waals surface area contributed by atoms with Gasteiger partial charge in [-0.3, -0.25) is 4.99 Å². The average molecular weight is 406 g/mol. The number of guanidine groups is 1. The Morgan fingerprint density at radius 3 is 2.55 bits per heavy atom. The standard InChI is InChI=1S/C23H39N3O3/c1-23(2,3)29-18-20-9-6-8-19(16-20)17-25-22(24-4)26-12-10-21(11-13-26)28-15-7-14-27-5/h6,8-9,16,21H,7,10-15,17-18H2,1-5H3,(H,24,25). The molecule has 0 atom stereocenters. The summed E-state index contributed by atoms with van der Waals surface area (Å²) < 4.78 is 16.9. The first kappa shape index (κ1) is 23.6. The highest BCUT2D eigenvalue weighted by Gasteiger charge is 2.21. The van der Waals surface area contributed by atoms with Crippen LogP contribution in [0.1, 0.15) is 51.2 Å². The largest absolute Gasteiger partial charge is 0.385 e. The number of piperidine rings is 1. The molecule has 0 unspecified atom stereocenters. The minimum absolute atomic E-state index is 0.129. The second-order valence-corrected chi connectivity index (χ2v) is 8.53. The minimum atomic E-state index is -0.129. The van der Waals surface area contributed by atoms with Crippen molar-refractivity contribution in [3.05, 3.63) is 35.4 Å². The van der Waals surface area contributed by atoms with Gasteiger partial charge >= 0.3 is 0 Å². The Labute approximate surface area is 176 Å². The summed E-state index contributed by atoms with van der Waals surface area (Å²) in [4.78, 5) is 6.80. The van der Waals surface area contributed by atoms with E-state index in [1.165, 1.54) is 11.1 Å². The third-order valence-electron chi connectivity index (χ3n) is 4.91. The van der Waals surface area contributed by atoms with Crippen LogP contribution in [0.15, 0.2) is 29.3 Å². The van der Waals surface area contributed by atoms with Gasteiger partial charge in [-0.1, -0.05) is 24.3 Å². The molecule has 0 aromatic heterocycles. The molecule has 1 aromatic carbocycles. The van der Waals surface area contributed by atoms with E-state index >= 15 is 0 Å². The number of nitrogens with zero attached hydrogens (tertiary/aromatic N) is 2. The Morgan fingerprint density at radius 1 is 1.17 bits per heavy atom. The van der Waals surface area contributed by atoms with Crippen molar-refractivity contribution >= 4 is 5.96 Å². The van der Waals surface area contributed by atoms with Gasteiger partial charge < -0.3 is 24.4 Å². The van der Waals surface area contributed by atoms with E-state index in [0.717, 1.165) is 58.1 Å². The van der Waals surface area contributed by atoms with Gasteiger partial charge in [0.25, 0.3) is 0 Å². The van der Waals surface area contributed by atoms with Gasteiger partial charge in [0.2, 0.25) is 0 Å². The van der Waals surface area contributed by atoms with E-state index in [1.807, 2.05) is 7.05 Å². The molecule has 0 bridgehead atoms. The third kappa shape index (κ3) is 9.15. The molecule has 1 N–H and O–H groups in total. The highest BCUT2D eigenvalue weighted by molar-refractivity contribution is 5.79. The molecule has 0 spiro atoms. The van der Waals surface area contributed by atoms with Crippen LogP contribution in [0.25, 0.3) is 0 Å². The Morgan fingerprint density at radius 2 is 1.90 bits per heavy atom. The van der Waals surface area contributed by atoms with E-state index in [9.17, 15) is 0 Å². The molecule has 0 saturated carbocycles. The number of hydrogen-bond donors (Lipinski definition) is 1. The molecule has 1 aliphatic rings. The number of nitrogens with one attached hydrogen (secondary N) is 1. The molecule has 0 amide bonds. The number of likely N-dealkylation sites (tertiary alicyclic amines) is 1. The fourth-order valence-electron chi connectivity index (χ4n) is 3.33. The number of hydrogen-bond acceptors (Lipinski definition) is 4. The number of ether oxygens (including phenoxy) is 3. The van der Waals surface area contributed by atoms with Crippen LogP contribution in [0, 0.1) is 0 Å². The molecule has 1 aromatic rings. The number of aliphatic imine (C=N–C) groups is 1. The maximum absolute atomic E-state index is 5.96. The second-order valence-electron chi connectivity index (χ2n) is 8.53. The summed E-state index contributed by atoms with van der Waals surface area (Å²) in [5, 5.41) is 3.51. The van der Waals surface area contributed by atoms with Crippen LogP contribution in [-0.2, 0) is 27.4 Å². The first-order valence-corrected chi connectivity index (χ1v) is 10.7.